The van der Waals surface area contributed by atoms with E-state index in [0.29, 0.717) is 0 Å². The maximum atomic E-state index is 4.93. The Morgan fingerprint density at radius 3 is 1.96 bits per heavy atom. The SMILES string of the molecule is c1cc(-c2nc3ccccc3[nH]2)c2nc(-c3nc4ccccc4[nH]3)ccc2c1. The van der Waals surface area contributed by atoms with Gasteiger partial charge < -0.3 is 9.97 Å². The Hall–Kier alpha value is -3.99. The summed E-state index contributed by atoms with van der Waals surface area (Å²) in [6.45, 7) is 0. The minimum atomic E-state index is 0.766. The van der Waals surface area contributed by atoms with Crippen LogP contribution in [0.3, 0.4) is 0 Å². The largest absolute Gasteiger partial charge is 0.338 e. The molecule has 0 fully saturated rings. The number of hydrogen-bond acceptors (Lipinski definition) is 3. The van der Waals surface area contributed by atoms with Gasteiger partial charge in [0.1, 0.15) is 11.5 Å². The molecule has 0 aliphatic carbocycles. The van der Waals surface area contributed by atoms with Crippen LogP contribution in [0.2, 0.25) is 0 Å². The fourth-order valence-electron chi connectivity index (χ4n) is 3.62. The Balaban J connectivity index is 1.56. The number of hydrogen-bond donors (Lipinski definition) is 2. The zero-order valence-electron chi connectivity index (χ0n) is 14.8. The lowest BCUT2D eigenvalue weighted by Gasteiger charge is -2.05. The summed E-state index contributed by atoms with van der Waals surface area (Å²) in [5.74, 6) is 1.59. The standard InChI is InChI=1S/C23H15N5/c1-2-9-17-16(8-1)25-22(26-17)15-7-5-6-14-12-13-20(24-21(14)15)23-27-18-10-3-4-11-19(18)28-23/h1-13H,(H,25,26)(H,27,28). The van der Waals surface area contributed by atoms with Gasteiger partial charge in [0.2, 0.25) is 0 Å². The predicted octanol–water partition coefficient (Wildman–Crippen LogP) is 5.32. The average Bonchev–Trinajstić information content (AvgIpc) is 3.37. The molecule has 0 aliphatic heterocycles. The quantitative estimate of drug-likeness (QED) is 0.438. The molecule has 0 spiro atoms. The van der Waals surface area contributed by atoms with Crippen molar-refractivity contribution in [3.05, 3.63) is 78.9 Å². The second-order valence-corrected chi connectivity index (χ2v) is 6.78. The van der Waals surface area contributed by atoms with E-state index >= 15 is 0 Å². The summed E-state index contributed by atoms with van der Waals surface area (Å²) >= 11 is 0. The number of imidazole rings is 2. The number of nitrogens with zero attached hydrogens (tertiary/aromatic N) is 3. The van der Waals surface area contributed by atoms with Gasteiger partial charge in [-0.25, -0.2) is 15.0 Å². The Morgan fingerprint density at radius 2 is 1.21 bits per heavy atom. The first-order valence-electron chi connectivity index (χ1n) is 9.15. The molecule has 0 atom stereocenters. The third-order valence-electron chi connectivity index (χ3n) is 5.00. The number of benzene rings is 3. The van der Waals surface area contributed by atoms with Crippen LogP contribution in [0.15, 0.2) is 78.9 Å². The average molecular weight is 361 g/mol. The molecular weight excluding hydrogens is 346 g/mol. The Kier molecular flexibility index (Phi) is 3.10. The van der Waals surface area contributed by atoms with E-state index in [1.165, 1.54) is 0 Å². The molecule has 6 aromatic rings. The number of fused-ring (bicyclic) bond motifs is 3. The molecule has 2 N–H and O–H groups in total. The molecule has 3 heterocycles. The van der Waals surface area contributed by atoms with E-state index in [4.69, 9.17) is 9.97 Å². The lowest BCUT2D eigenvalue weighted by Crippen LogP contribution is -1.91. The van der Waals surface area contributed by atoms with E-state index in [0.717, 1.165) is 55.9 Å². The van der Waals surface area contributed by atoms with Crippen LogP contribution in [0.1, 0.15) is 0 Å². The molecular formula is C23H15N5. The molecule has 28 heavy (non-hydrogen) atoms. The van der Waals surface area contributed by atoms with E-state index < -0.39 is 0 Å². The zero-order valence-corrected chi connectivity index (χ0v) is 14.8. The minimum Gasteiger partial charge on any atom is -0.338 e. The van der Waals surface area contributed by atoms with Gasteiger partial charge in [-0.1, -0.05) is 42.5 Å². The fourth-order valence-corrected chi connectivity index (χ4v) is 3.62. The van der Waals surface area contributed by atoms with Crippen molar-refractivity contribution in [2.45, 2.75) is 0 Å². The van der Waals surface area contributed by atoms with Crippen LogP contribution < -0.4 is 0 Å². The molecule has 0 aliphatic rings. The minimum absolute atomic E-state index is 0.766. The maximum Gasteiger partial charge on any atom is 0.157 e. The summed E-state index contributed by atoms with van der Waals surface area (Å²) in [7, 11) is 0. The molecule has 3 aromatic heterocycles. The first-order chi connectivity index (χ1) is 13.8. The van der Waals surface area contributed by atoms with E-state index in [-0.39, 0.29) is 0 Å². The van der Waals surface area contributed by atoms with Crippen LogP contribution in [0.5, 0.6) is 0 Å². The van der Waals surface area contributed by atoms with Crippen molar-refractivity contribution in [2.24, 2.45) is 0 Å². The van der Waals surface area contributed by atoms with E-state index in [1.54, 1.807) is 0 Å². The molecule has 0 saturated heterocycles. The molecule has 3 aromatic carbocycles. The Morgan fingerprint density at radius 1 is 0.536 bits per heavy atom. The van der Waals surface area contributed by atoms with Crippen LogP contribution >= 0.6 is 0 Å². The number of pyridine rings is 1. The van der Waals surface area contributed by atoms with Crippen molar-refractivity contribution in [3.63, 3.8) is 0 Å². The van der Waals surface area contributed by atoms with Gasteiger partial charge in [0.25, 0.3) is 0 Å². The van der Waals surface area contributed by atoms with Gasteiger partial charge in [0.05, 0.1) is 27.6 Å². The summed E-state index contributed by atoms with van der Waals surface area (Å²) in [6.07, 6.45) is 0. The normalized spacial score (nSPS) is 11.6. The molecule has 0 radical (unpaired) electrons. The highest BCUT2D eigenvalue weighted by Crippen LogP contribution is 2.29. The van der Waals surface area contributed by atoms with Gasteiger partial charge in [0.15, 0.2) is 5.82 Å². The summed E-state index contributed by atoms with van der Waals surface area (Å²) < 4.78 is 0. The Bertz CT molecular complexity index is 1410. The maximum absolute atomic E-state index is 4.93. The van der Waals surface area contributed by atoms with Gasteiger partial charge in [-0.05, 0) is 36.4 Å². The number of para-hydroxylation sites is 5. The molecule has 132 valence electrons. The van der Waals surface area contributed by atoms with Crippen molar-refractivity contribution in [3.8, 4) is 22.9 Å². The van der Waals surface area contributed by atoms with E-state index in [2.05, 4.69) is 33.2 Å². The molecule has 0 bridgehead atoms. The van der Waals surface area contributed by atoms with Crippen molar-refractivity contribution < 1.29 is 0 Å². The summed E-state index contributed by atoms with van der Waals surface area (Å²) in [5, 5.41) is 1.07. The van der Waals surface area contributed by atoms with Crippen LogP contribution in [0.25, 0.3) is 55.9 Å². The third-order valence-corrected chi connectivity index (χ3v) is 5.00. The molecule has 0 amide bonds. The van der Waals surface area contributed by atoms with Crippen molar-refractivity contribution in [1.82, 2.24) is 24.9 Å². The second kappa shape index (κ2) is 5.76. The third kappa shape index (κ3) is 2.30. The Labute approximate surface area is 160 Å². The van der Waals surface area contributed by atoms with Gasteiger partial charge in [0, 0.05) is 10.9 Å². The van der Waals surface area contributed by atoms with Crippen molar-refractivity contribution >= 4 is 33.0 Å². The van der Waals surface area contributed by atoms with Gasteiger partial charge in [-0.15, -0.1) is 0 Å². The fraction of sp³-hybridized carbons (Fsp3) is 0. The first kappa shape index (κ1) is 15.1. The molecule has 0 unspecified atom stereocenters. The number of aromatic amines is 2. The summed E-state index contributed by atoms with van der Waals surface area (Å²) in [6, 6.07) is 26.3. The van der Waals surface area contributed by atoms with E-state index in [9.17, 15) is 0 Å². The van der Waals surface area contributed by atoms with Crippen LogP contribution in [0, 0.1) is 0 Å². The van der Waals surface area contributed by atoms with Crippen LogP contribution in [-0.4, -0.2) is 24.9 Å². The van der Waals surface area contributed by atoms with Gasteiger partial charge >= 0.3 is 0 Å². The number of nitrogens with one attached hydrogen (secondary N) is 2. The lowest BCUT2D eigenvalue weighted by molar-refractivity contribution is 1.26. The van der Waals surface area contributed by atoms with Crippen molar-refractivity contribution in [2.75, 3.05) is 0 Å². The summed E-state index contributed by atoms with van der Waals surface area (Å²) in [5.41, 5.74) is 6.60. The predicted molar refractivity (Wildman–Crippen MR) is 112 cm³/mol. The molecule has 0 saturated carbocycles. The monoisotopic (exact) mass is 361 g/mol. The highest BCUT2D eigenvalue weighted by Gasteiger charge is 2.12. The highest BCUT2D eigenvalue weighted by molar-refractivity contribution is 5.95. The molecule has 5 heteroatoms. The smallest absolute Gasteiger partial charge is 0.157 e. The van der Waals surface area contributed by atoms with E-state index in [1.807, 2.05) is 60.7 Å². The van der Waals surface area contributed by atoms with Crippen molar-refractivity contribution in [1.29, 1.82) is 0 Å². The van der Waals surface area contributed by atoms with Gasteiger partial charge in [-0.3, -0.25) is 0 Å². The topological polar surface area (TPSA) is 70.2 Å². The second-order valence-electron chi connectivity index (χ2n) is 6.78. The molecule has 5 nitrogen and oxygen atoms in total. The van der Waals surface area contributed by atoms with Crippen LogP contribution in [-0.2, 0) is 0 Å². The first-order valence-corrected chi connectivity index (χ1v) is 9.15. The number of aromatic nitrogens is 5. The van der Waals surface area contributed by atoms with Gasteiger partial charge in [-0.2, -0.15) is 0 Å². The lowest BCUT2D eigenvalue weighted by atomic mass is 10.1. The number of H-pyrrole nitrogens is 2. The highest BCUT2D eigenvalue weighted by atomic mass is 15.0. The molecule has 6 rings (SSSR count). The number of rotatable bonds is 2. The summed E-state index contributed by atoms with van der Waals surface area (Å²) in [4.78, 5) is 21.1. The van der Waals surface area contributed by atoms with Crippen LogP contribution in [0.4, 0.5) is 0 Å². The zero-order chi connectivity index (χ0) is 18.5.